The molecule has 98 valence electrons. The molecule has 2 rings (SSSR count). The topological polar surface area (TPSA) is 44.1 Å². The first kappa shape index (κ1) is 13.4. The Morgan fingerprint density at radius 1 is 1.42 bits per heavy atom. The maximum absolute atomic E-state index is 11.7. The van der Waals surface area contributed by atoms with E-state index in [1.165, 1.54) is 7.11 Å². The van der Waals surface area contributed by atoms with Crippen LogP contribution in [-0.4, -0.2) is 22.6 Å². The number of carbonyl (C=O) groups is 1. The Balaban J connectivity index is 2.43. The Morgan fingerprint density at radius 3 is 2.63 bits per heavy atom. The summed E-state index contributed by atoms with van der Waals surface area (Å²) in [5, 5.41) is 0.636. The van der Waals surface area contributed by atoms with Crippen molar-refractivity contribution >= 4 is 17.6 Å². The van der Waals surface area contributed by atoms with Crippen LogP contribution >= 0.6 is 11.6 Å². The molecular formula is C14H13ClN2O2. The quantitative estimate of drug-likeness (QED) is 0.637. The zero-order valence-electron chi connectivity index (χ0n) is 10.4. The van der Waals surface area contributed by atoms with Gasteiger partial charge in [0.05, 0.1) is 25.1 Å². The molecule has 1 atom stereocenters. The van der Waals surface area contributed by atoms with Crippen molar-refractivity contribution in [2.24, 2.45) is 0 Å². The van der Waals surface area contributed by atoms with Crippen molar-refractivity contribution in [1.29, 1.82) is 0 Å². The lowest BCUT2D eigenvalue weighted by Crippen LogP contribution is -2.18. The van der Waals surface area contributed by atoms with Gasteiger partial charge in [-0.15, -0.1) is 0 Å². The molecule has 2 aromatic rings. The summed E-state index contributed by atoms with van der Waals surface area (Å²) in [6, 6.07) is 6.88. The average Bonchev–Trinajstić information content (AvgIpc) is 2.94. The van der Waals surface area contributed by atoms with Gasteiger partial charge in [-0.3, -0.25) is 0 Å². The number of carbonyl (C=O) groups excluding carboxylic acids is 1. The number of nitrogens with zero attached hydrogens (tertiary/aromatic N) is 2. The van der Waals surface area contributed by atoms with Gasteiger partial charge in [-0.25, -0.2) is 9.78 Å². The summed E-state index contributed by atoms with van der Waals surface area (Å²) >= 11 is 5.88. The Bertz CT molecular complexity index is 576. The summed E-state index contributed by atoms with van der Waals surface area (Å²) in [7, 11) is 1.33. The van der Waals surface area contributed by atoms with Gasteiger partial charge in [0.1, 0.15) is 0 Å². The molecule has 0 aliphatic rings. The first-order valence-corrected chi connectivity index (χ1v) is 6.01. The average molecular weight is 277 g/mol. The fourth-order valence-electron chi connectivity index (χ4n) is 1.86. The van der Waals surface area contributed by atoms with Gasteiger partial charge in [0.2, 0.25) is 0 Å². The van der Waals surface area contributed by atoms with Crippen LogP contribution in [0.3, 0.4) is 0 Å². The third-order valence-electron chi connectivity index (χ3n) is 2.79. The molecule has 0 saturated carbocycles. The highest BCUT2D eigenvalue weighted by molar-refractivity contribution is 6.30. The second-order valence-electron chi connectivity index (χ2n) is 3.98. The molecule has 0 radical (unpaired) electrons. The summed E-state index contributed by atoms with van der Waals surface area (Å²) in [5.74, 6) is -0.450. The molecule has 0 spiro atoms. The first-order chi connectivity index (χ1) is 9.13. The fourth-order valence-corrected chi connectivity index (χ4v) is 1.99. The smallest absolute Gasteiger partial charge is 0.335 e. The van der Waals surface area contributed by atoms with E-state index in [1.54, 1.807) is 35.4 Å². The van der Waals surface area contributed by atoms with Crippen molar-refractivity contribution in [2.45, 2.75) is 6.04 Å². The molecular weight excluding hydrogens is 264 g/mol. The number of methoxy groups -OCH3 is 1. The van der Waals surface area contributed by atoms with Gasteiger partial charge >= 0.3 is 5.97 Å². The van der Waals surface area contributed by atoms with Crippen LogP contribution in [-0.2, 0) is 9.53 Å². The predicted octanol–water partition coefficient (Wildman–Crippen LogP) is 2.86. The summed E-state index contributed by atoms with van der Waals surface area (Å²) in [6.07, 6.45) is 5.05. The number of hydrogen-bond acceptors (Lipinski definition) is 3. The van der Waals surface area contributed by atoms with E-state index in [-0.39, 0.29) is 6.04 Å². The standard InChI is InChI=1S/C14H13ClN2O2/c1-10(14(18)19-2)13(17-8-7-16-9-17)11-3-5-12(15)6-4-11/h3-9,13H,1H2,2H3. The molecule has 0 saturated heterocycles. The van der Waals surface area contributed by atoms with Gasteiger partial charge < -0.3 is 9.30 Å². The summed E-state index contributed by atoms with van der Waals surface area (Å²) < 4.78 is 6.53. The molecule has 0 aliphatic heterocycles. The zero-order chi connectivity index (χ0) is 13.8. The third-order valence-corrected chi connectivity index (χ3v) is 3.04. The summed E-state index contributed by atoms with van der Waals surface area (Å²) in [4.78, 5) is 15.7. The van der Waals surface area contributed by atoms with Gasteiger partial charge in [0, 0.05) is 17.4 Å². The highest BCUT2D eigenvalue weighted by Gasteiger charge is 2.22. The maximum Gasteiger partial charge on any atom is 0.335 e. The molecule has 1 aromatic carbocycles. The van der Waals surface area contributed by atoms with Gasteiger partial charge in [0.15, 0.2) is 0 Å². The number of hydrogen-bond donors (Lipinski definition) is 0. The normalized spacial score (nSPS) is 11.9. The number of rotatable bonds is 4. The largest absolute Gasteiger partial charge is 0.466 e. The number of ether oxygens (including phenoxy) is 1. The Morgan fingerprint density at radius 2 is 2.11 bits per heavy atom. The number of benzene rings is 1. The van der Waals surface area contributed by atoms with Crippen LogP contribution in [0.25, 0.3) is 0 Å². The van der Waals surface area contributed by atoms with E-state index >= 15 is 0 Å². The number of esters is 1. The van der Waals surface area contributed by atoms with Crippen molar-refractivity contribution in [1.82, 2.24) is 9.55 Å². The highest BCUT2D eigenvalue weighted by Crippen LogP contribution is 2.27. The molecule has 0 amide bonds. The molecule has 1 heterocycles. The van der Waals surface area contributed by atoms with Crippen molar-refractivity contribution < 1.29 is 9.53 Å². The fraction of sp³-hybridized carbons (Fsp3) is 0.143. The van der Waals surface area contributed by atoms with E-state index in [2.05, 4.69) is 11.6 Å². The van der Waals surface area contributed by atoms with Crippen LogP contribution in [0.15, 0.2) is 55.1 Å². The van der Waals surface area contributed by atoms with E-state index in [9.17, 15) is 4.79 Å². The molecule has 19 heavy (non-hydrogen) atoms. The molecule has 1 unspecified atom stereocenters. The summed E-state index contributed by atoms with van der Waals surface area (Å²) in [5.41, 5.74) is 1.22. The third kappa shape index (κ3) is 2.85. The molecule has 4 nitrogen and oxygen atoms in total. The van der Waals surface area contributed by atoms with E-state index < -0.39 is 5.97 Å². The number of imidazole rings is 1. The van der Waals surface area contributed by atoms with Crippen LogP contribution in [0.1, 0.15) is 11.6 Å². The van der Waals surface area contributed by atoms with Gasteiger partial charge in [-0.1, -0.05) is 30.3 Å². The van der Waals surface area contributed by atoms with Crippen molar-refractivity contribution in [3.8, 4) is 0 Å². The minimum Gasteiger partial charge on any atom is -0.466 e. The van der Waals surface area contributed by atoms with E-state index in [4.69, 9.17) is 16.3 Å². The van der Waals surface area contributed by atoms with Crippen molar-refractivity contribution in [2.75, 3.05) is 7.11 Å². The van der Waals surface area contributed by atoms with Crippen LogP contribution < -0.4 is 0 Å². The lowest BCUT2D eigenvalue weighted by atomic mass is 10.00. The number of aromatic nitrogens is 2. The van der Waals surface area contributed by atoms with Crippen LogP contribution in [0.4, 0.5) is 0 Å². The summed E-state index contributed by atoms with van der Waals surface area (Å²) in [6.45, 7) is 3.82. The SMILES string of the molecule is C=C(C(=O)OC)C(c1ccc(Cl)cc1)n1ccnc1. The molecule has 0 bridgehead atoms. The lowest BCUT2D eigenvalue weighted by Gasteiger charge is -2.20. The van der Waals surface area contributed by atoms with Crippen molar-refractivity contribution in [3.63, 3.8) is 0 Å². The molecule has 5 heteroatoms. The lowest BCUT2D eigenvalue weighted by molar-refractivity contribution is -0.136. The van der Waals surface area contributed by atoms with E-state index in [1.807, 2.05) is 12.1 Å². The molecule has 0 aliphatic carbocycles. The van der Waals surface area contributed by atoms with Crippen LogP contribution in [0, 0.1) is 0 Å². The highest BCUT2D eigenvalue weighted by atomic mass is 35.5. The zero-order valence-corrected chi connectivity index (χ0v) is 11.2. The minimum absolute atomic E-state index is 0.336. The Labute approximate surface area is 116 Å². The Hall–Kier alpha value is -2.07. The second-order valence-corrected chi connectivity index (χ2v) is 4.42. The molecule has 1 aromatic heterocycles. The number of halogens is 1. The predicted molar refractivity (Wildman–Crippen MR) is 73.0 cm³/mol. The van der Waals surface area contributed by atoms with Crippen LogP contribution in [0.2, 0.25) is 5.02 Å². The molecule has 0 fully saturated rings. The van der Waals surface area contributed by atoms with E-state index in [0.29, 0.717) is 10.6 Å². The van der Waals surface area contributed by atoms with Gasteiger partial charge in [0.25, 0.3) is 0 Å². The van der Waals surface area contributed by atoms with Gasteiger partial charge in [-0.05, 0) is 17.7 Å². The first-order valence-electron chi connectivity index (χ1n) is 5.63. The minimum atomic E-state index is -0.450. The second kappa shape index (κ2) is 5.71. The Kier molecular flexibility index (Phi) is 4.02. The molecule has 0 N–H and O–H groups in total. The maximum atomic E-state index is 11.7. The van der Waals surface area contributed by atoms with Crippen LogP contribution in [0.5, 0.6) is 0 Å². The van der Waals surface area contributed by atoms with Gasteiger partial charge in [-0.2, -0.15) is 0 Å². The van der Waals surface area contributed by atoms with Crippen molar-refractivity contribution in [3.05, 3.63) is 65.7 Å². The monoisotopic (exact) mass is 276 g/mol. The van der Waals surface area contributed by atoms with E-state index in [0.717, 1.165) is 5.56 Å².